The zero-order valence-corrected chi connectivity index (χ0v) is 14.9. The van der Waals surface area contributed by atoms with E-state index >= 15 is 0 Å². The van der Waals surface area contributed by atoms with Gasteiger partial charge in [0, 0.05) is 17.1 Å². The van der Waals surface area contributed by atoms with E-state index in [9.17, 15) is 9.59 Å². The molecule has 0 radical (unpaired) electrons. The highest BCUT2D eigenvalue weighted by atomic mass is 32.2. The maximum Gasteiger partial charge on any atom is 0.410 e. The maximum atomic E-state index is 12.5. The van der Waals surface area contributed by atoms with Crippen molar-refractivity contribution in [2.24, 2.45) is 0 Å². The van der Waals surface area contributed by atoms with E-state index in [0.29, 0.717) is 13.0 Å². The summed E-state index contributed by atoms with van der Waals surface area (Å²) in [5.74, 6) is -0.161. The Morgan fingerprint density at radius 2 is 2.09 bits per heavy atom. The molecule has 2 rings (SSSR count). The lowest BCUT2D eigenvalue weighted by atomic mass is 10.2. The topological polar surface area (TPSA) is 58.6 Å². The van der Waals surface area contributed by atoms with Crippen LogP contribution in [-0.4, -0.2) is 41.3 Å². The van der Waals surface area contributed by atoms with Crippen LogP contribution in [0.3, 0.4) is 0 Å². The molecular weight excluding hydrogens is 312 g/mol. The smallest absolute Gasteiger partial charge is 0.410 e. The minimum atomic E-state index is -0.562. The molecule has 0 aromatic heterocycles. The largest absolute Gasteiger partial charge is 0.444 e. The number of nitrogens with one attached hydrogen (secondary N) is 1. The lowest BCUT2D eigenvalue weighted by molar-refractivity contribution is -0.120. The fraction of sp³-hybridized carbons (Fsp3) is 0.529. The molecule has 1 unspecified atom stereocenters. The molecule has 1 heterocycles. The van der Waals surface area contributed by atoms with Gasteiger partial charge in [0.15, 0.2) is 0 Å². The van der Waals surface area contributed by atoms with Crippen molar-refractivity contribution in [3.05, 3.63) is 24.3 Å². The van der Waals surface area contributed by atoms with E-state index in [0.717, 1.165) is 17.0 Å². The van der Waals surface area contributed by atoms with Crippen LogP contribution < -0.4 is 5.32 Å². The minimum Gasteiger partial charge on any atom is -0.444 e. The Kier molecular flexibility index (Phi) is 5.57. The van der Waals surface area contributed by atoms with Gasteiger partial charge in [-0.25, -0.2) is 4.79 Å². The normalized spacial score (nSPS) is 17.9. The van der Waals surface area contributed by atoms with Gasteiger partial charge in [-0.2, -0.15) is 0 Å². The summed E-state index contributed by atoms with van der Waals surface area (Å²) in [6.07, 6.45) is 3.03. The summed E-state index contributed by atoms with van der Waals surface area (Å²) in [5.41, 5.74) is 0.186. The van der Waals surface area contributed by atoms with Crippen molar-refractivity contribution in [3.63, 3.8) is 0 Å². The number of amides is 2. The summed E-state index contributed by atoms with van der Waals surface area (Å²) in [5, 5.41) is 2.90. The Bertz CT molecular complexity index is 583. The van der Waals surface area contributed by atoms with E-state index in [1.165, 1.54) is 4.90 Å². The van der Waals surface area contributed by atoms with Crippen LogP contribution in [0.2, 0.25) is 0 Å². The average Bonchev–Trinajstić information content (AvgIpc) is 2.95. The number of rotatable bonds is 3. The zero-order chi connectivity index (χ0) is 17.0. The van der Waals surface area contributed by atoms with Crippen molar-refractivity contribution in [1.29, 1.82) is 0 Å². The van der Waals surface area contributed by atoms with Crippen LogP contribution in [0, 0.1) is 0 Å². The number of hydrogen-bond acceptors (Lipinski definition) is 4. The third kappa shape index (κ3) is 4.89. The van der Waals surface area contributed by atoms with Crippen LogP contribution in [0.4, 0.5) is 10.5 Å². The lowest BCUT2D eigenvalue weighted by Gasteiger charge is -2.28. The van der Waals surface area contributed by atoms with Crippen LogP contribution in [0.1, 0.15) is 33.6 Å². The van der Waals surface area contributed by atoms with Crippen molar-refractivity contribution in [3.8, 4) is 0 Å². The molecule has 1 aliphatic heterocycles. The number of nitrogens with zero attached hydrogens (tertiary/aromatic N) is 1. The second kappa shape index (κ2) is 7.25. The van der Waals surface area contributed by atoms with Crippen LogP contribution >= 0.6 is 11.8 Å². The molecule has 0 spiro atoms. The summed E-state index contributed by atoms with van der Waals surface area (Å²) in [6.45, 7) is 6.02. The summed E-state index contributed by atoms with van der Waals surface area (Å²) in [6, 6.07) is 7.20. The molecule has 1 atom stereocenters. The van der Waals surface area contributed by atoms with E-state index in [2.05, 4.69) is 5.32 Å². The van der Waals surface area contributed by atoms with Gasteiger partial charge in [0.25, 0.3) is 0 Å². The molecule has 1 N–H and O–H groups in total. The highest BCUT2D eigenvalue weighted by molar-refractivity contribution is 7.98. The third-order valence-electron chi connectivity index (χ3n) is 3.52. The molecule has 0 bridgehead atoms. The fourth-order valence-electron chi connectivity index (χ4n) is 2.50. The van der Waals surface area contributed by atoms with Crippen molar-refractivity contribution < 1.29 is 14.3 Å². The number of anilines is 1. The molecule has 23 heavy (non-hydrogen) atoms. The van der Waals surface area contributed by atoms with Crippen molar-refractivity contribution in [1.82, 2.24) is 4.90 Å². The molecule has 126 valence electrons. The van der Waals surface area contributed by atoms with Gasteiger partial charge in [0.05, 0.1) is 0 Å². The van der Waals surface area contributed by atoms with Crippen molar-refractivity contribution >= 4 is 29.4 Å². The van der Waals surface area contributed by atoms with Gasteiger partial charge in [-0.15, -0.1) is 11.8 Å². The van der Waals surface area contributed by atoms with Gasteiger partial charge in [-0.05, 0) is 58.1 Å². The first-order chi connectivity index (χ1) is 10.8. The number of carbonyl (C=O) groups is 2. The van der Waals surface area contributed by atoms with Gasteiger partial charge in [-0.1, -0.05) is 6.07 Å². The predicted octanol–water partition coefficient (Wildman–Crippen LogP) is 3.75. The number of hydrogen-bond donors (Lipinski definition) is 1. The molecule has 1 fully saturated rings. The molecule has 1 aliphatic rings. The fourth-order valence-corrected chi connectivity index (χ4v) is 2.96. The maximum absolute atomic E-state index is 12.5. The first kappa shape index (κ1) is 17.7. The second-order valence-electron chi connectivity index (χ2n) is 6.55. The summed E-state index contributed by atoms with van der Waals surface area (Å²) >= 11 is 1.62. The third-order valence-corrected chi connectivity index (χ3v) is 4.25. The molecule has 1 aromatic carbocycles. The van der Waals surface area contributed by atoms with E-state index in [1.807, 2.05) is 51.3 Å². The average molecular weight is 336 g/mol. The molecule has 1 saturated heterocycles. The van der Waals surface area contributed by atoms with Crippen molar-refractivity contribution in [2.75, 3.05) is 18.1 Å². The first-order valence-corrected chi connectivity index (χ1v) is 8.97. The summed E-state index contributed by atoms with van der Waals surface area (Å²) in [4.78, 5) is 27.4. The van der Waals surface area contributed by atoms with Crippen LogP contribution in [0.15, 0.2) is 29.2 Å². The molecule has 1 aromatic rings. The molecule has 6 heteroatoms. The molecule has 0 aliphatic carbocycles. The summed E-state index contributed by atoms with van der Waals surface area (Å²) < 4.78 is 5.39. The second-order valence-corrected chi connectivity index (χ2v) is 7.43. The first-order valence-electron chi connectivity index (χ1n) is 7.75. The van der Waals surface area contributed by atoms with Crippen LogP contribution in [0.25, 0.3) is 0 Å². The molecule has 0 saturated carbocycles. The predicted molar refractivity (Wildman–Crippen MR) is 92.8 cm³/mol. The quantitative estimate of drug-likeness (QED) is 0.854. The van der Waals surface area contributed by atoms with Gasteiger partial charge in [-0.3, -0.25) is 9.69 Å². The SMILES string of the molecule is CSc1cccc(NC(=O)C2CCCN2C(=O)OC(C)(C)C)c1. The van der Waals surface area contributed by atoms with E-state index < -0.39 is 17.7 Å². The Balaban J connectivity index is 2.04. The monoisotopic (exact) mass is 336 g/mol. The highest BCUT2D eigenvalue weighted by Crippen LogP contribution is 2.23. The highest BCUT2D eigenvalue weighted by Gasteiger charge is 2.36. The Labute approximate surface area is 141 Å². The Hall–Kier alpha value is -1.69. The van der Waals surface area contributed by atoms with E-state index in [1.54, 1.807) is 11.8 Å². The van der Waals surface area contributed by atoms with E-state index in [4.69, 9.17) is 4.74 Å². The molecular formula is C17H24N2O3S. The molecule has 2 amide bonds. The van der Waals surface area contributed by atoms with Gasteiger partial charge in [0.1, 0.15) is 11.6 Å². The minimum absolute atomic E-state index is 0.161. The number of benzene rings is 1. The van der Waals surface area contributed by atoms with Gasteiger partial charge < -0.3 is 10.1 Å². The number of likely N-dealkylation sites (tertiary alicyclic amines) is 1. The van der Waals surface area contributed by atoms with Gasteiger partial charge >= 0.3 is 6.09 Å². The van der Waals surface area contributed by atoms with Crippen LogP contribution in [0.5, 0.6) is 0 Å². The van der Waals surface area contributed by atoms with Crippen molar-refractivity contribution in [2.45, 2.75) is 50.2 Å². The number of carbonyl (C=O) groups excluding carboxylic acids is 2. The lowest BCUT2D eigenvalue weighted by Crippen LogP contribution is -2.45. The number of ether oxygens (including phenoxy) is 1. The van der Waals surface area contributed by atoms with Gasteiger partial charge in [0.2, 0.25) is 5.91 Å². The number of thioether (sulfide) groups is 1. The van der Waals surface area contributed by atoms with Crippen LogP contribution in [-0.2, 0) is 9.53 Å². The molecule has 5 nitrogen and oxygen atoms in total. The standard InChI is InChI=1S/C17H24N2O3S/c1-17(2,3)22-16(21)19-10-6-9-14(19)15(20)18-12-7-5-8-13(11-12)23-4/h5,7-8,11,14H,6,9-10H2,1-4H3,(H,18,20). The Morgan fingerprint density at radius 1 is 1.35 bits per heavy atom. The Morgan fingerprint density at radius 3 is 2.74 bits per heavy atom. The summed E-state index contributed by atoms with van der Waals surface area (Å²) in [7, 11) is 0. The van der Waals surface area contributed by atoms with E-state index in [-0.39, 0.29) is 5.91 Å². The zero-order valence-electron chi connectivity index (χ0n) is 14.1.